The number of hydrogen-bond donors (Lipinski definition) is 1. The minimum Gasteiger partial charge on any atom is -0.283 e. The lowest BCUT2D eigenvalue weighted by atomic mass is 10.3. The summed E-state index contributed by atoms with van der Waals surface area (Å²) in [5.41, 5.74) is 0.703. The quantitative estimate of drug-likeness (QED) is 0.759. The molecular formula is C17H16ClN3O3S. The molecule has 1 heterocycles. The van der Waals surface area contributed by atoms with Crippen LogP contribution in [0.2, 0.25) is 5.02 Å². The Morgan fingerprint density at radius 1 is 1.04 bits per heavy atom. The molecule has 0 unspecified atom stereocenters. The number of nitrogens with one attached hydrogen (secondary N) is 1. The highest BCUT2D eigenvalue weighted by Gasteiger charge is 2.22. The van der Waals surface area contributed by atoms with E-state index in [-0.39, 0.29) is 10.6 Å². The van der Waals surface area contributed by atoms with Crippen molar-refractivity contribution in [3.8, 4) is 5.69 Å². The van der Waals surface area contributed by atoms with Gasteiger partial charge in [-0.05, 0) is 37.3 Å². The molecule has 2 aromatic carbocycles. The highest BCUT2D eigenvalue weighted by Crippen LogP contribution is 2.20. The van der Waals surface area contributed by atoms with Crippen molar-refractivity contribution in [1.29, 1.82) is 0 Å². The highest BCUT2D eigenvalue weighted by atomic mass is 35.5. The SMILES string of the molecule is Cc1c(NS(=O)(=O)c2cccc(Cl)c2)c(=O)n(-c2ccccc2)n1C. The maximum absolute atomic E-state index is 12.8. The molecule has 0 fully saturated rings. The van der Waals surface area contributed by atoms with Crippen molar-refractivity contribution in [3.05, 3.63) is 75.7 Å². The molecule has 1 aromatic heterocycles. The predicted octanol–water partition coefficient (Wildman–Crippen LogP) is 2.94. The number of anilines is 1. The number of para-hydroxylation sites is 1. The van der Waals surface area contributed by atoms with Gasteiger partial charge < -0.3 is 0 Å². The molecule has 0 saturated heterocycles. The molecule has 0 bridgehead atoms. The monoisotopic (exact) mass is 377 g/mol. The molecule has 25 heavy (non-hydrogen) atoms. The predicted molar refractivity (Wildman–Crippen MR) is 98.0 cm³/mol. The minimum atomic E-state index is -3.93. The van der Waals surface area contributed by atoms with Crippen LogP contribution in [0.3, 0.4) is 0 Å². The van der Waals surface area contributed by atoms with Crippen LogP contribution in [0.15, 0.2) is 64.3 Å². The van der Waals surface area contributed by atoms with Crippen LogP contribution < -0.4 is 10.3 Å². The molecule has 8 heteroatoms. The number of aromatic nitrogens is 2. The number of sulfonamides is 1. The molecule has 0 aliphatic carbocycles. The van der Waals surface area contributed by atoms with E-state index in [2.05, 4.69) is 4.72 Å². The largest absolute Gasteiger partial charge is 0.296 e. The lowest BCUT2D eigenvalue weighted by molar-refractivity contribution is 0.601. The third kappa shape index (κ3) is 3.20. The van der Waals surface area contributed by atoms with Crippen LogP contribution in [0.25, 0.3) is 5.69 Å². The maximum atomic E-state index is 12.8. The van der Waals surface area contributed by atoms with E-state index in [0.29, 0.717) is 16.4 Å². The Hall–Kier alpha value is -2.51. The second-order valence-corrected chi connectivity index (χ2v) is 7.62. The first-order chi connectivity index (χ1) is 11.8. The van der Waals surface area contributed by atoms with Gasteiger partial charge in [0.25, 0.3) is 15.6 Å². The van der Waals surface area contributed by atoms with Gasteiger partial charge in [0, 0.05) is 12.1 Å². The second-order valence-electron chi connectivity index (χ2n) is 5.50. The molecule has 3 aromatic rings. The second kappa shape index (κ2) is 6.42. The summed E-state index contributed by atoms with van der Waals surface area (Å²) < 4.78 is 30.6. The fraction of sp³-hybridized carbons (Fsp3) is 0.118. The summed E-state index contributed by atoms with van der Waals surface area (Å²) >= 11 is 5.86. The first-order valence-electron chi connectivity index (χ1n) is 7.43. The van der Waals surface area contributed by atoms with E-state index in [1.807, 2.05) is 6.07 Å². The van der Waals surface area contributed by atoms with Gasteiger partial charge in [0.05, 0.1) is 16.3 Å². The van der Waals surface area contributed by atoms with Gasteiger partial charge in [0.1, 0.15) is 5.69 Å². The zero-order valence-electron chi connectivity index (χ0n) is 13.6. The molecule has 0 radical (unpaired) electrons. The van der Waals surface area contributed by atoms with Gasteiger partial charge in [-0.15, -0.1) is 0 Å². The van der Waals surface area contributed by atoms with E-state index >= 15 is 0 Å². The lowest BCUT2D eigenvalue weighted by Crippen LogP contribution is -2.23. The Kier molecular flexibility index (Phi) is 4.45. The molecule has 0 atom stereocenters. The van der Waals surface area contributed by atoms with Gasteiger partial charge in [-0.3, -0.25) is 14.2 Å². The van der Waals surface area contributed by atoms with Crippen molar-refractivity contribution in [2.45, 2.75) is 11.8 Å². The molecule has 1 N–H and O–H groups in total. The molecular weight excluding hydrogens is 362 g/mol. The number of halogens is 1. The normalized spacial score (nSPS) is 11.5. The maximum Gasteiger partial charge on any atom is 0.296 e. The lowest BCUT2D eigenvalue weighted by Gasteiger charge is -2.07. The van der Waals surface area contributed by atoms with Crippen LogP contribution >= 0.6 is 11.6 Å². The van der Waals surface area contributed by atoms with Crippen LogP contribution in [0.5, 0.6) is 0 Å². The topological polar surface area (TPSA) is 73.1 Å². The summed E-state index contributed by atoms with van der Waals surface area (Å²) in [6.07, 6.45) is 0. The third-order valence-corrected chi connectivity index (χ3v) is 5.48. The van der Waals surface area contributed by atoms with Gasteiger partial charge in [0.2, 0.25) is 0 Å². The Labute approximate surface area is 150 Å². The van der Waals surface area contributed by atoms with E-state index in [1.54, 1.807) is 49.0 Å². The van der Waals surface area contributed by atoms with Crippen molar-refractivity contribution >= 4 is 27.3 Å². The average Bonchev–Trinajstić information content (AvgIpc) is 2.79. The van der Waals surface area contributed by atoms with Crippen LogP contribution in [0.1, 0.15) is 5.69 Å². The van der Waals surface area contributed by atoms with E-state index in [0.717, 1.165) is 0 Å². The van der Waals surface area contributed by atoms with E-state index in [4.69, 9.17) is 11.6 Å². The molecule has 0 aliphatic rings. The van der Waals surface area contributed by atoms with Gasteiger partial charge in [-0.1, -0.05) is 35.9 Å². The zero-order chi connectivity index (χ0) is 18.2. The van der Waals surface area contributed by atoms with Crippen LogP contribution in [-0.4, -0.2) is 17.8 Å². The summed E-state index contributed by atoms with van der Waals surface area (Å²) in [5.74, 6) is 0. The average molecular weight is 378 g/mol. The van der Waals surface area contributed by atoms with E-state index in [9.17, 15) is 13.2 Å². The van der Waals surface area contributed by atoms with Crippen molar-refractivity contribution in [2.24, 2.45) is 7.05 Å². The number of nitrogens with zero attached hydrogens (tertiary/aromatic N) is 2. The molecule has 6 nitrogen and oxygen atoms in total. The van der Waals surface area contributed by atoms with Gasteiger partial charge in [0.15, 0.2) is 0 Å². The summed E-state index contributed by atoms with van der Waals surface area (Å²) in [6, 6.07) is 14.9. The van der Waals surface area contributed by atoms with E-state index in [1.165, 1.54) is 22.9 Å². The van der Waals surface area contributed by atoms with Gasteiger partial charge in [-0.2, -0.15) is 0 Å². The number of hydrogen-bond acceptors (Lipinski definition) is 3. The Morgan fingerprint density at radius 3 is 2.36 bits per heavy atom. The number of rotatable bonds is 4. The summed E-state index contributed by atoms with van der Waals surface area (Å²) in [4.78, 5) is 12.8. The Balaban J connectivity index is 2.09. The standard InChI is InChI=1S/C17H16ClN3O3S/c1-12-16(19-25(23,24)15-10-6-7-13(18)11-15)17(22)21(20(12)2)14-8-4-3-5-9-14/h3-11,19H,1-2H3. The summed E-state index contributed by atoms with van der Waals surface area (Å²) in [5, 5.41) is 0.300. The van der Waals surface area contributed by atoms with Crippen LogP contribution in [-0.2, 0) is 17.1 Å². The number of benzene rings is 2. The van der Waals surface area contributed by atoms with Crippen LogP contribution in [0, 0.1) is 6.92 Å². The third-order valence-electron chi connectivity index (χ3n) is 3.90. The zero-order valence-corrected chi connectivity index (χ0v) is 15.2. The van der Waals surface area contributed by atoms with Crippen molar-refractivity contribution in [3.63, 3.8) is 0 Å². The Bertz CT molecular complexity index is 1090. The van der Waals surface area contributed by atoms with Crippen molar-refractivity contribution in [1.82, 2.24) is 9.36 Å². The molecule has 0 saturated carbocycles. The first kappa shape index (κ1) is 17.3. The van der Waals surface area contributed by atoms with Gasteiger partial charge >= 0.3 is 0 Å². The fourth-order valence-electron chi connectivity index (χ4n) is 2.51. The van der Waals surface area contributed by atoms with Crippen molar-refractivity contribution < 1.29 is 8.42 Å². The highest BCUT2D eigenvalue weighted by molar-refractivity contribution is 7.92. The fourth-order valence-corrected chi connectivity index (χ4v) is 3.93. The molecule has 0 amide bonds. The van der Waals surface area contributed by atoms with Crippen molar-refractivity contribution in [2.75, 3.05) is 4.72 Å². The summed E-state index contributed by atoms with van der Waals surface area (Å²) in [7, 11) is -2.23. The minimum absolute atomic E-state index is 0.00564. The smallest absolute Gasteiger partial charge is 0.283 e. The van der Waals surface area contributed by atoms with E-state index < -0.39 is 15.6 Å². The molecule has 3 rings (SSSR count). The van der Waals surface area contributed by atoms with Crippen LogP contribution in [0.4, 0.5) is 5.69 Å². The summed E-state index contributed by atoms with van der Waals surface area (Å²) in [6.45, 7) is 1.68. The molecule has 130 valence electrons. The Morgan fingerprint density at radius 2 is 1.72 bits per heavy atom. The van der Waals surface area contributed by atoms with Gasteiger partial charge in [-0.25, -0.2) is 13.1 Å². The molecule has 0 aliphatic heterocycles. The first-order valence-corrected chi connectivity index (χ1v) is 9.30. The molecule has 0 spiro atoms.